The number of pyridine rings is 1. The third-order valence-electron chi connectivity index (χ3n) is 3.67. The van der Waals surface area contributed by atoms with Gasteiger partial charge < -0.3 is 18.7 Å². The van der Waals surface area contributed by atoms with Crippen molar-refractivity contribution in [3.63, 3.8) is 0 Å². The number of anilines is 1. The van der Waals surface area contributed by atoms with Crippen molar-refractivity contribution in [2.75, 3.05) is 11.4 Å². The van der Waals surface area contributed by atoms with E-state index < -0.39 is 9.84 Å². The molecule has 1 saturated carbocycles. The smallest absolute Gasteiger partial charge is 0.414 e. The minimum absolute atomic E-state index is 0. The predicted octanol–water partition coefficient (Wildman–Crippen LogP) is 3.14. The first kappa shape index (κ1) is 19.5. The second-order valence-electron chi connectivity index (χ2n) is 5.42. The topological polar surface area (TPSA) is 63.2 Å². The molecule has 9 heteroatoms. The molecule has 0 radical (unpaired) electrons. The van der Waals surface area contributed by atoms with E-state index in [0.717, 1.165) is 11.5 Å². The van der Waals surface area contributed by atoms with Crippen LogP contribution in [0.4, 0.5) is 5.82 Å². The van der Waals surface area contributed by atoms with Crippen molar-refractivity contribution >= 4 is 49.0 Å². The van der Waals surface area contributed by atoms with Crippen LogP contribution in [0.2, 0.25) is 5.15 Å². The Kier molecular flexibility index (Phi) is 6.06. The summed E-state index contributed by atoms with van der Waals surface area (Å²) in [5.41, 5.74) is 0.433. The molecule has 0 bridgehead atoms. The van der Waals surface area contributed by atoms with Crippen LogP contribution >= 0.6 is 23.1 Å². The fourth-order valence-corrected chi connectivity index (χ4v) is 5.46. The van der Waals surface area contributed by atoms with Crippen molar-refractivity contribution in [2.24, 2.45) is 0 Å². The zero-order chi connectivity index (χ0) is 16.1. The van der Waals surface area contributed by atoms with E-state index in [4.69, 9.17) is 11.6 Å². The molecule has 0 amide bonds. The van der Waals surface area contributed by atoms with Gasteiger partial charge >= 0.3 is 31.1 Å². The minimum Gasteiger partial charge on any atom is -0.414 e. The molecule has 0 aliphatic heterocycles. The van der Waals surface area contributed by atoms with Crippen LogP contribution in [0.1, 0.15) is 19.8 Å². The number of sulfone groups is 1. The number of rotatable bonds is 5. The summed E-state index contributed by atoms with van der Waals surface area (Å²) in [6.45, 7) is 10.2. The van der Waals surface area contributed by atoms with Crippen LogP contribution in [0.15, 0.2) is 11.0 Å². The Morgan fingerprint density at radius 3 is 2.70 bits per heavy atom. The quantitative estimate of drug-likeness (QED) is 0.497. The van der Waals surface area contributed by atoms with Gasteiger partial charge in [-0.2, -0.15) is 4.37 Å². The Morgan fingerprint density at radius 1 is 1.52 bits per heavy atom. The van der Waals surface area contributed by atoms with Gasteiger partial charge in [-0.15, -0.1) is 12.6 Å². The summed E-state index contributed by atoms with van der Waals surface area (Å²) >= 11 is 7.16. The summed E-state index contributed by atoms with van der Waals surface area (Å²) in [7, 11) is -3.36. The van der Waals surface area contributed by atoms with Crippen LogP contribution in [-0.2, 0) is 9.84 Å². The van der Waals surface area contributed by atoms with E-state index in [1.807, 2.05) is 11.8 Å². The number of nitrogens with zero attached hydrogens (tertiary/aromatic N) is 3. The normalized spacial score (nSPS) is 16.2. The largest absolute Gasteiger partial charge is 2.00 e. The van der Waals surface area contributed by atoms with E-state index in [1.54, 1.807) is 6.07 Å². The molecule has 0 spiro atoms. The number of aromatic nitrogens is 2. The molecule has 1 aliphatic rings. The third-order valence-corrected chi connectivity index (χ3v) is 7.32. The van der Waals surface area contributed by atoms with Gasteiger partial charge in [-0.1, -0.05) is 18.5 Å². The average Bonchev–Trinajstić information content (AvgIpc) is 3.25. The van der Waals surface area contributed by atoms with Crippen LogP contribution in [0.5, 0.6) is 0 Å². The number of hydrogen-bond acceptors (Lipinski definition) is 6. The van der Waals surface area contributed by atoms with Crippen molar-refractivity contribution in [1.82, 2.24) is 9.36 Å². The van der Waals surface area contributed by atoms with E-state index in [1.165, 1.54) is 0 Å². The fourth-order valence-electron chi connectivity index (χ4n) is 2.33. The van der Waals surface area contributed by atoms with Gasteiger partial charge in [0.2, 0.25) is 0 Å². The zero-order valence-corrected chi connectivity index (χ0v) is 19.2. The van der Waals surface area contributed by atoms with Crippen molar-refractivity contribution in [3.05, 3.63) is 25.1 Å². The molecule has 0 N–H and O–H groups in total. The Bertz CT molecular complexity index is 819. The molecule has 1 aliphatic carbocycles. The van der Waals surface area contributed by atoms with E-state index >= 15 is 0 Å². The summed E-state index contributed by atoms with van der Waals surface area (Å²) in [4.78, 5) is 6.59. The SMILES string of the molecule is [CH2-]CN(c1cc(S(=O)(=O)C2CC2)c2snc(Cl)c2n1)[C@@H]([CH2-])C.[U+2]. The first-order chi connectivity index (χ1) is 10.4. The second-order valence-corrected chi connectivity index (χ2v) is 8.74. The molecular formula is C14H16ClN3O2S2U. The maximum atomic E-state index is 12.7. The van der Waals surface area contributed by atoms with Crippen LogP contribution in [-0.4, -0.2) is 35.6 Å². The molecule has 2 heterocycles. The van der Waals surface area contributed by atoms with Gasteiger partial charge in [0, 0.05) is 6.07 Å². The van der Waals surface area contributed by atoms with Crippen molar-refractivity contribution < 1.29 is 39.5 Å². The molecule has 0 saturated heterocycles. The van der Waals surface area contributed by atoms with E-state index in [-0.39, 0.29) is 52.5 Å². The maximum Gasteiger partial charge on any atom is 2.00 e. The molecule has 2 aromatic rings. The second kappa shape index (κ2) is 7.17. The van der Waals surface area contributed by atoms with Crippen LogP contribution < -0.4 is 4.90 Å². The van der Waals surface area contributed by atoms with Gasteiger partial charge in [-0.05, 0) is 24.4 Å². The standard InChI is InChI=1S/C14H16ClN3O2S2.U/c1-4-18(8(2)3)11-7-10(22(19,20)9-5-6-9)13-12(16-11)14(15)17-21-13;/h7-9H,1-2,4-6H2,3H3;/q-2;+2/t8-;/m0./s1. The summed E-state index contributed by atoms with van der Waals surface area (Å²) in [6.07, 6.45) is 1.41. The van der Waals surface area contributed by atoms with Crippen molar-refractivity contribution in [3.8, 4) is 0 Å². The van der Waals surface area contributed by atoms with E-state index in [0.29, 0.717) is 35.4 Å². The summed E-state index contributed by atoms with van der Waals surface area (Å²) in [5, 5.41) is -0.0629. The van der Waals surface area contributed by atoms with Gasteiger partial charge in [0.25, 0.3) is 0 Å². The molecule has 1 fully saturated rings. The molecule has 0 unspecified atom stereocenters. The van der Waals surface area contributed by atoms with Gasteiger partial charge in [0.1, 0.15) is 11.3 Å². The molecule has 0 aromatic carbocycles. The molecule has 3 rings (SSSR count). The molecule has 23 heavy (non-hydrogen) atoms. The first-order valence-corrected chi connectivity index (χ1v) is 9.64. The van der Waals surface area contributed by atoms with Crippen molar-refractivity contribution in [1.29, 1.82) is 0 Å². The summed E-state index contributed by atoms with van der Waals surface area (Å²) in [6, 6.07) is 1.52. The Hall–Kier alpha value is 0.132. The van der Waals surface area contributed by atoms with Gasteiger partial charge in [0.05, 0.1) is 14.8 Å². The average molecular weight is 596 g/mol. The van der Waals surface area contributed by atoms with Crippen molar-refractivity contribution in [2.45, 2.75) is 36.0 Å². The zero-order valence-electron chi connectivity index (χ0n) is 12.6. The first-order valence-electron chi connectivity index (χ1n) is 6.95. The van der Waals surface area contributed by atoms with Gasteiger partial charge in [-0.3, -0.25) is 0 Å². The molecule has 122 valence electrons. The Morgan fingerprint density at radius 2 is 2.17 bits per heavy atom. The van der Waals surface area contributed by atoms with Crippen LogP contribution in [0.25, 0.3) is 10.2 Å². The van der Waals surface area contributed by atoms with E-state index in [2.05, 4.69) is 23.2 Å². The number of halogens is 1. The van der Waals surface area contributed by atoms with Crippen LogP contribution in [0.3, 0.4) is 0 Å². The maximum absolute atomic E-state index is 12.7. The van der Waals surface area contributed by atoms with Gasteiger partial charge in [-0.25, -0.2) is 13.4 Å². The van der Waals surface area contributed by atoms with Gasteiger partial charge in [0.15, 0.2) is 15.0 Å². The third kappa shape index (κ3) is 3.57. The summed E-state index contributed by atoms with van der Waals surface area (Å²) < 4.78 is 30.0. The number of hydrogen-bond donors (Lipinski definition) is 0. The minimum atomic E-state index is -3.36. The van der Waals surface area contributed by atoms with Crippen LogP contribution in [0, 0.1) is 45.0 Å². The predicted molar refractivity (Wildman–Crippen MR) is 90.2 cm³/mol. The number of fused-ring (bicyclic) bond motifs is 1. The Labute approximate surface area is 169 Å². The Balaban J connectivity index is 0.00000192. The summed E-state index contributed by atoms with van der Waals surface area (Å²) in [5.74, 6) is 0.520. The molecule has 1 atom stereocenters. The molecule has 2 aromatic heterocycles. The monoisotopic (exact) mass is 595 g/mol. The molecule has 5 nitrogen and oxygen atoms in total. The van der Waals surface area contributed by atoms with E-state index in [9.17, 15) is 8.42 Å². The molecular weight excluding hydrogens is 580 g/mol. The fraction of sp³-hybridized carbons (Fsp3) is 0.429.